The van der Waals surface area contributed by atoms with Crippen LogP contribution >= 0.6 is 23.2 Å². The molecule has 0 radical (unpaired) electrons. The summed E-state index contributed by atoms with van der Waals surface area (Å²) in [7, 11) is 1.58. The van der Waals surface area contributed by atoms with E-state index < -0.39 is 5.97 Å². The molecule has 1 aromatic carbocycles. The zero-order chi connectivity index (χ0) is 20.3. The van der Waals surface area contributed by atoms with E-state index in [0.717, 1.165) is 38.6 Å². The van der Waals surface area contributed by atoms with E-state index in [-0.39, 0.29) is 11.7 Å². The van der Waals surface area contributed by atoms with Crippen molar-refractivity contribution in [1.29, 1.82) is 0 Å². The molecule has 0 atom stereocenters. The number of benzene rings is 1. The van der Waals surface area contributed by atoms with Gasteiger partial charge < -0.3 is 19.5 Å². The molecular weight excluding hydrogens is 381 g/mol. The highest BCUT2D eigenvalue weighted by Crippen LogP contribution is 2.25. The van der Waals surface area contributed by atoms with E-state index in [2.05, 4.69) is 0 Å². The van der Waals surface area contributed by atoms with Gasteiger partial charge in [-0.1, -0.05) is 23.2 Å². The van der Waals surface area contributed by atoms with Crippen molar-refractivity contribution in [1.82, 2.24) is 4.90 Å². The van der Waals surface area contributed by atoms with Gasteiger partial charge in [-0.05, 0) is 45.7 Å². The fourth-order valence-electron chi connectivity index (χ4n) is 1.83. The Morgan fingerprint density at radius 3 is 2.00 bits per heavy atom. The van der Waals surface area contributed by atoms with Crippen LogP contribution in [0.2, 0.25) is 10.0 Å². The number of amides is 1. The highest BCUT2D eigenvalue weighted by molar-refractivity contribution is 6.42. The Kier molecular flexibility index (Phi) is 11.1. The maximum absolute atomic E-state index is 11.4. The van der Waals surface area contributed by atoms with Crippen LogP contribution in [0.15, 0.2) is 18.2 Å². The van der Waals surface area contributed by atoms with Crippen LogP contribution < -0.4 is 4.74 Å². The molecule has 2 rings (SSSR count). The van der Waals surface area contributed by atoms with Crippen LogP contribution in [0.1, 0.15) is 40.5 Å². The SMILES string of the molecule is CC(=O)O.CC(C)(C)OC(=O)N1CCCC1.COc1ccc(Cl)c(Cl)c1. The number of carboxylic acids is 1. The molecule has 1 saturated heterocycles. The van der Waals surface area contributed by atoms with Crippen molar-refractivity contribution in [2.45, 2.75) is 46.1 Å². The lowest BCUT2D eigenvalue weighted by Gasteiger charge is -2.23. The summed E-state index contributed by atoms with van der Waals surface area (Å²) in [6.45, 7) is 8.47. The fraction of sp³-hybridized carbons (Fsp3) is 0.556. The van der Waals surface area contributed by atoms with Gasteiger partial charge in [0.25, 0.3) is 5.97 Å². The number of carbonyl (C=O) groups is 2. The van der Waals surface area contributed by atoms with Crippen LogP contribution in [-0.2, 0) is 9.53 Å². The minimum absolute atomic E-state index is 0.167. The number of ether oxygens (including phenoxy) is 2. The lowest BCUT2D eigenvalue weighted by Crippen LogP contribution is -2.34. The Labute approximate surface area is 165 Å². The molecular formula is C18H27Cl2NO5. The Morgan fingerprint density at radius 1 is 1.12 bits per heavy atom. The van der Waals surface area contributed by atoms with Crippen molar-refractivity contribution in [2.75, 3.05) is 20.2 Å². The lowest BCUT2D eigenvalue weighted by atomic mass is 10.2. The maximum Gasteiger partial charge on any atom is 0.410 e. The first kappa shape index (κ1) is 24.3. The summed E-state index contributed by atoms with van der Waals surface area (Å²) in [6.07, 6.45) is 2.05. The first-order valence-electron chi connectivity index (χ1n) is 8.12. The topological polar surface area (TPSA) is 76.1 Å². The number of carboxylic acid groups (broad SMARTS) is 1. The summed E-state index contributed by atoms with van der Waals surface area (Å²) in [5, 5.41) is 8.48. The summed E-state index contributed by atoms with van der Waals surface area (Å²) in [5.41, 5.74) is -0.361. The Hall–Kier alpha value is -1.66. The van der Waals surface area contributed by atoms with Gasteiger partial charge in [-0.2, -0.15) is 0 Å². The highest BCUT2D eigenvalue weighted by Gasteiger charge is 2.23. The number of methoxy groups -OCH3 is 1. The normalized spacial score (nSPS) is 13.0. The number of halogens is 2. The van der Waals surface area contributed by atoms with E-state index in [1.165, 1.54) is 0 Å². The molecule has 1 heterocycles. The van der Waals surface area contributed by atoms with Gasteiger partial charge in [-0.15, -0.1) is 0 Å². The summed E-state index contributed by atoms with van der Waals surface area (Å²) in [5.74, 6) is -0.116. The van der Waals surface area contributed by atoms with Gasteiger partial charge in [0.1, 0.15) is 11.4 Å². The molecule has 1 amide bonds. The second kappa shape index (κ2) is 11.9. The molecule has 1 aliphatic rings. The minimum atomic E-state index is -0.833. The summed E-state index contributed by atoms with van der Waals surface area (Å²) in [6, 6.07) is 5.13. The van der Waals surface area contributed by atoms with Gasteiger partial charge in [0.2, 0.25) is 0 Å². The van der Waals surface area contributed by atoms with Gasteiger partial charge in [0, 0.05) is 26.1 Å². The molecule has 1 N–H and O–H groups in total. The summed E-state index contributed by atoms with van der Waals surface area (Å²) < 4.78 is 10.1. The average molecular weight is 408 g/mol. The number of carbonyl (C=O) groups excluding carboxylic acids is 1. The molecule has 0 aliphatic carbocycles. The van der Waals surface area contributed by atoms with Crippen molar-refractivity contribution < 1.29 is 24.2 Å². The number of hydrogen-bond donors (Lipinski definition) is 1. The van der Waals surface area contributed by atoms with Crippen LogP contribution in [0.4, 0.5) is 4.79 Å². The summed E-state index contributed by atoms with van der Waals surface area (Å²) >= 11 is 11.3. The van der Waals surface area contributed by atoms with E-state index in [1.807, 2.05) is 20.8 Å². The molecule has 148 valence electrons. The molecule has 0 aromatic heterocycles. The van der Waals surface area contributed by atoms with E-state index in [0.29, 0.717) is 10.0 Å². The molecule has 0 bridgehead atoms. The monoisotopic (exact) mass is 407 g/mol. The van der Waals surface area contributed by atoms with Crippen LogP contribution in [0.3, 0.4) is 0 Å². The number of rotatable bonds is 1. The van der Waals surface area contributed by atoms with Gasteiger partial charge >= 0.3 is 6.09 Å². The van der Waals surface area contributed by atoms with Gasteiger partial charge in [-0.3, -0.25) is 4.79 Å². The van der Waals surface area contributed by atoms with Crippen molar-refractivity contribution in [3.63, 3.8) is 0 Å². The molecule has 0 saturated carbocycles. The Balaban J connectivity index is 0.000000405. The van der Waals surface area contributed by atoms with Gasteiger partial charge in [0.15, 0.2) is 0 Å². The van der Waals surface area contributed by atoms with E-state index >= 15 is 0 Å². The third kappa shape index (κ3) is 11.8. The molecule has 6 nitrogen and oxygen atoms in total. The number of aliphatic carboxylic acids is 1. The number of likely N-dealkylation sites (tertiary alicyclic amines) is 1. The third-order valence-electron chi connectivity index (χ3n) is 2.88. The zero-order valence-corrected chi connectivity index (χ0v) is 17.4. The third-order valence-corrected chi connectivity index (χ3v) is 3.62. The smallest absolute Gasteiger partial charge is 0.410 e. The molecule has 0 unspecified atom stereocenters. The van der Waals surface area contributed by atoms with E-state index in [4.69, 9.17) is 42.6 Å². The average Bonchev–Trinajstić information content (AvgIpc) is 3.03. The largest absolute Gasteiger partial charge is 0.497 e. The summed E-state index contributed by atoms with van der Waals surface area (Å²) in [4.78, 5) is 22.1. The predicted octanol–water partition coefficient (Wildman–Crippen LogP) is 5.11. The first-order chi connectivity index (χ1) is 12.0. The number of hydrogen-bond acceptors (Lipinski definition) is 4. The van der Waals surface area contributed by atoms with Crippen molar-refractivity contribution >= 4 is 35.3 Å². The minimum Gasteiger partial charge on any atom is -0.497 e. The second-order valence-electron chi connectivity index (χ2n) is 6.47. The maximum atomic E-state index is 11.4. The second-order valence-corrected chi connectivity index (χ2v) is 7.29. The Bertz CT molecular complexity index is 577. The number of nitrogens with zero attached hydrogens (tertiary/aromatic N) is 1. The molecule has 26 heavy (non-hydrogen) atoms. The zero-order valence-electron chi connectivity index (χ0n) is 15.8. The molecule has 1 aromatic rings. The van der Waals surface area contributed by atoms with Crippen LogP contribution in [0.5, 0.6) is 5.75 Å². The molecule has 0 spiro atoms. The quantitative estimate of drug-likeness (QED) is 0.699. The Morgan fingerprint density at radius 2 is 1.62 bits per heavy atom. The van der Waals surface area contributed by atoms with Gasteiger partial charge in [-0.25, -0.2) is 4.79 Å². The van der Waals surface area contributed by atoms with E-state index in [9.17, 15) is 4.79 Å². The van der Waals surface area contributed by atoms with Crippen LogP contribution in [0.25, 0.3) is 0 Å². The van der Waals surface area contributed by atoms with Crippen molar-refractivity contribution in [3.8, 4) is 5.75 Å². The standard InChI is InChI=1S/C9H17NO2.C7H6Cl2O.C2H4O2/c1-9(2,3)12-8(11)10-6-4-5-7-10;1-10-5-2-3-6(8)7(9)4-5;1-2(3)4/h4-7H2,1-3H3;2-4H,1H3;1H3,(H,3,4). The van der Waals surface area contributed by atoms with Crippen LogP contribution in [0, 0.1) is 0 Å². The first-order valence-corrected chi connectivity index (χ1v) is 8.88. The van der Waals surface area contributed by atoms with Crippen LogP contribution in [-0.4, -0.2) is 47.9 Å². The fourth-order valence-corrected chi connectivity index (χ4v) is 2.12. The molecule has 1 fully saturated rings. The molecule has 1 aliphatic heterocycles. The van der Waals surface area contributed by atoms with Crippen molar-refractivity contribution in [3.05, 3.63) is 28.2 Å². The lowest BCUT2D eigenvalue weighted by molar-refractivity contribution is -0.134. The van der Waals surface area contributed by atoms with Gasteiger partial charge in [0.05, 0.1) is 17.2 Å². The molecule has 8 heteroatoms. The predicted molar refractivity (Wildman–Crippen MR) is 103 cm³/mol. The van der Waals surface area contributed by atoms with E-state index in [1.54, 1.807) is 30.2 Å². The van der Waals surface area contributed by atoms with Crippen molar-refractivity contribution in [2.24, 2.45) is 0 Å². The highest BCUT2D eigenvalue weighted by atomic mass is 35.5.